The van der Waals surface area contributed by atoms with E-state index in [1.807, 2.05) is 31.2 Å². The lowest BCUT2D eigenvalue weighted by atomic mass is 10.2. The van der Waals surface area contributed by atoms with Crippen molar-refractivity contribution in [3.8, 4) is 5.88 Å². The van der Waals surface area contributed by atoms with Gasteiger partial charge in [-0.3, -0.25) is 0 Å². The fraction of sp³-hybridized carbons (Fsp3) is 0.214. The number of nitrogens with one attached hydrogen (secondary N) is 1. The normalized spacial score (nSPS) is 10.1. The largest absolute Gasteiger partial charge is 0.476 e. The Morgan fingerprint density at radius 3 is 2.72 bits per heavy atom. The lowest BCUT2D eigenvalue weighted by Crippen LogP contribution is -2.03. The third-order valence-corrected chi connectivity index (χ3v) is 2.98. The number of anilines is 1. The summed E-state index contributed by atoms with van der Waals surface area (Å²) in [6.07, 6.45) is 1.73. The van der Waals surface area contributed by atoms with Crippen molar-refractivity contribution in [1.82, 2.24) is 4.98 Å². The highest BCUT2D eigenvalue weighted by Gasteiger charge is 2.03. The molecule has 0 unspecified atom stereocenters. The van der Waals surface area contributed by atoms with Gasteiger partial charge < -0.3 is 10.1 Å². The van der Waals surface area contributed by atoms with Crippen molar-refractivity contribution in [2.24, 2.45) is 0 Å². The van der Waals surface area contributed by atoms with Crippen LogP contribution in [0.2, 0.25) is 0 Å². The van der Waals surface area contributed by atoms with E-state index in [0.29, 0.717) is 12.5 Å². The second-order valence-electron chi connectivity index (χ2n) is 3.77. The SMILES string of the molecule is CCOc1ncccc1NCc1ccc(Br)cc1. The summed E-state index contributed by atoms with van der Waals surface area (Å²) in [5, 5.41) is 3.33. The van der Waals surface area contributed by atoms with Gasteiger partial charge in [-0.1, -0.05) is 28.1 Å². The Kier molecular flexibility index (Phi) is 4.59. The molecular formula is C14H15BrN2O. The average Bonchev–Trinajstić information content (AvgIpc) is 2.40. The fourth-order valence-corrected chi connectivity index (χ4v) is 1.84. The van der Waals surface area contributed by atoms with Gasteiger partial charge in [-0.15, -0.1) is 0 Å². The third kappa shape index (κ3) is 3.47. The Morgan fingerprint density at radius 2 is 2.00 bits per heavy atom. The van der Waals surface area contributed by atoms with Crippen LogP contribution in [-0.2, 0) is 6.54 Å². The first-order valence-corrected chi connectivity index (χ1v) is 6.65. The number of ether oxygens (including phenoxy) is 1. The minimum Gasteiger partial charge on any atom is -0.476 e. The molecule has 1 N–H and O–H groups in total. The van der Waals surface area contributed by atoms with Crippen molar-refractivity contribution in [2.75, 3.05) is 11.9 Å². The average molecular weight is 307 g/mol. The van der Waals surface area contributed by atoms with Crippen LogP contribution in [0, 0.1) is 0 Å². The Hall–Kier alpha value is -1.55. The van der Waals surface area contributed by atoms with E-state index < -0.39 is 0 Å². The first-order valence-electron chi connectivity index (χ1n) is 5.85. The summed E-state index contributed by atoms with van der Waals surface area (Å²) in [6, 6.07) is 12.1. The predicted octanol–water partition coefficient (Wildman–Crippen LogP) is 3.85. The van der Waals surface area contributed by atoms with Crippen molar-refractivity contribution < 1.29 is 4.74 Å². The molecule has 1 aromatic heterocycles. The van der Waals surface area contributed by atoms with Crippen LogP contribution >= 0.6 is 15.9 Å². The molecule has 0 amide bonds. The van der Waals surface area contributed by atoms with E-state index >= 15 is 0 Å². The first-order chi connectivity index (χ1) is 8.79. The standard InChI is InChI=1S/C14H15BrN2O/c1-2-18-14-13(4-3-9-16-14)17-10-11-5-7-12(15)8-6-11/h3-9,17H,2,10H2,1H3. The monoisotopic (exact) mass is 306 g/mol. The van der Waals surface area contributed by atoms with Gasteiger partial charge >= 0.3 is 0 Å². The molecule has 0 atom stereocenters. The summed E-state index contributed by atoms with van der Waals surface area (Å²) in [4.78, 5) is 4.20. The van der Waals surface area contributed by atoms with Crippen LogP contribution in [0.3, 0.4) is 0 Å². The van der Waals surface area contributed by atoms with Crippen molar-refractivity contribution in [3.05, 3.63) is 52.6 Å². The Labute approximate surface area is 115 Å². The van der Waals surface area contributed by atoms with Gasteiger partial charge in [0.2, 0.25) is 5.88 Å². The molecule has 1 heterocycles. The number of benzene rings is 1. The van der Waals surface area contributed by atoms with Crippen molar-refractivity contribution in [2.45, 2.75) is 13.5 Å². The summed E-state index contributed by atoms with van der Waals surface area (Å²) in [5.74, 6) is 0.650. The van der Waals surface area contributed by atoms with Crippen LogP contribution in [0.15, 0.2) is 47.1 Å². The van der Waals surface area contributed by atoms with Gasteiger partial charge in [0.05, 0.1) is 12.3 Å². The molecule has 3 nitrogen and oxygen atoms in total. The van der Waals surface area contributed by atoms with E-state index in [4.69, 9.17) is 4.74 Å². The zero-order valence-corrected chi connectivity index (χ0v) is 11.8. The number of aromatic nitrogens is 1. The summed E-state index contributed by atoms with van der Waals surface area (Å²) >= 11 is 3.42. The van der Waals surface area contributed by atoms with Gasteiger partial charge in [0.1, 0.15) is 0 Å². The van der Waals surface area contributed by atoms with Gasteiger partial charge in [-0.25, -0.2) is 4.98 Å². The van der Waals surface area contributed by atoms with Crippen LogP contribution in [0.1, 0.15) is 12.5 Å². The molecule has 18 heavy (non-hydrogen) atoms. The second-order valence-corrected chi connectivity index (χ2v) is 4.68. The van der Waals surface area contributed by atoms with Crippen molar-refractivity contribution >= 4 is 21.6 Å². The van der Waals surface area contributed by atoms with Crippen molar-refractivity contribution in [1.29, 1.82) is 0 Å². The van der Waals surface area contributed by atoms with Gasteiger partial charge in [-0.2, -0.15) is 0 Å². The maximum Gasteiger partial charge on any atom is 0.237 e. The quantitative estimate of drug-likeness (QED) is 0.911. The van der Waals surface area contributed by atoms with Crippen LogP contribution in [0.25, 0.3) is 0 Å². The zero-order valence-electron chi connectivity index (χ0n) is 10.2. The van der Waals surface area contributed by atoms with E-state index in [1.165, 1.54) is 5.56 Å². The highest BCUT2D eigenvalue weighted by atomic mass is 79.9. The number of pyridine rings is 1. The first kappa shape index (κ1) is 12.9. The van der Waals surface area contributed by atoms with Crippen molar-refractivity contribution in [3.63, 3.8) is 0 Å². The molecule has 0 fully saturated rings. The smallest absolute Gasteiger partial charge is 0.237 e. The minimum absolute atomic E-state index is 0.615. The summed E-state index contributed by atoms with van der Waals surface area (Å²) in [7, 11) is 0. The van der Waals surface area contributed by atoms with Crippen LogP contribution in [-0.4, -0.2) is 11.6 Å². The van der Waals surface area contributed by atoms with E-state index in [9.17, 15) is 0 Å². The number of rotatable bonds is 5. The van der Waals surface area contributed by atoms with Gasteiger partial charge in [0.15, 0.2) is 0 Å². The van der Waals surface area contributed by atoms with Gasteiger partial charge in [0, 0.05) is 17.2 Å². The summed E-state index contributed by atoms with van der Waals surface area (Å²) < 4.78 is 6.55. The lowest BCUT2D eigenvalue weighted by molar-refractivity contribution is 0.328. The highest BCUT2D eigenvalue weighted by Crippen LogP contribution is 2.21. The maximum atomic E-state index is 5.46. The number of hydrogen-bond acceptors (Lipinski definition) is 3. The molecule has 0 saturated carbocycles. The molecule has 0 aliphatic rings. The topological polar surface area (TPSA) is 34.1 Å². The minimum atomic E-state index is 0.615. The summed E-state index contributed by atoms with van der Waals surface area (Å²) in [6.45, 7) is 3.32. The van der Waals surface area contributed by atoms with Gasteiger partial charge in [0.25, 0.3) is 0 Å². The zero-order chi connectivity index (χ0) is 12.8. The molecule has 4 heteroatoms. The molecule has 1 aromatic carbocycles. The molecule has 0 saturated heterocycles. The van der Waals surface area contributed by atoms with Crippen LogP contribution in [0.4, 0.5) is 5.69 Å². The number of hydrogen-bond donors (Lipinski definition) is 1. The molecule has 0 aliphatic carbocycles. The van der Waals surface area contributed by atoms with E-state index in [2.05, 4.69) is 38.4 Å². The van der Waals surface area contributed by atoms with E-state index in [-0.39, 0.29) is 0 Å². The fourth-order valence-electron chi connectivity index (χ4n) is 1.58. The molecule has 0 aliphatic heterocycles. The van der Waals surface area contributed by atoms with E-state index in [1.54, 1.807) is 6.20 Å². The molecule has 2 rings (SSSR count). The summed E-state index contributed by atoms with van der Waals surface area (Å²) in [5.41, 5.74) is 2.13. The van der Waals surface area contributed by atoms with Gasteiger partial charge in [-0.05, 0) is 36.8 Å². The number of halogens is 1. The maximum absolute atomic E-state index is 5.46. The molecular weight excluding hydrogens is 292 g/mol. The lowest BCUT2D eigenvalue weighted by Gasteiger charge is -2.11. The Balaban J connectivity index is 2.03. The Bertz CT molecular complexity index is 499. The number of nitrogens with zero attached hydrogens (tertiary/aromatic N) is 1. The molecule has 0 bridgehead atoms. The Morgan fingerprint density at radius 1 is 1.22 bits per heavy atom. The predicted molar refractivity (Wildman–Crippen MR) is 76.9 cm³/mol. The molecule has 0 spiro atoms. The molecule has 0 radical (unpaired) electrons. The van der Waals surface area contributed by atoms with Crippen LogP contribution < -0.4 is 10.1 Å². The highest BCUT2D eigenvalue weighted by molar-refractivity contribution is 9.10. The molecule has 94 valence electrons. The van der Waals surface area contributed by atoms with Crippen LogP contribution in [0.5, 0.6) is 5.88 Å². The second kappa shape index (κ2) is 6.40. The third-order valence-electron chi connectivity index (χ3n) is 2.45. The van der Waals surface area contributed by atoms with E-state index in [0.717, 1.165) is 16.7 Å². The molecule has 2 aromatic rings.